The number of ketones is 1. The van der Waals surface area contributed by atoms with E-state index in [1.54, 1.807) is 22.9 Å². The van der Waals surface area contributed by atoms with Gasteiger partial charge in [-0.05, 0) is 11.5 Å². The van der Waals surface area contributed by atoms with Crippen LogP contribution < -0.4 is 26.4 Å². The molecule has 1 aromatic heterocycles. The minimum Gasteiger partial charge on any atom is -0.287 e. The summed E-state index contributed by atoms with van der Waals surface area (Å²) in [4.78, 5) is 12.3. The van der Waals surface area contributed by atoms with E-state index in [-0.39, 0.29) is 12.3 Å². The van der Waals surface area contributed by atoms with E-state index in [0.29, 0.717) is 11.3 Å². The zero-order chi connectivity index (χ0) is 49.0. The highest BCUT2D eigenvalue weighted by Crippen LogP contribution is 2.31. The quantitative estimate of drug-likeness (QED) is 0.0372. The van der Waals surface area contributed by atoms with Crippen molar-refractivity contribution in [2.24, 2.45) is 0 Å². The molecule has 0 radical (unpaired) electrons. The lowest BCUT2D eigenvalue weighted by molar-refractivity contribution is -0.690. The molecule has 7 aromatic rings. The standard InChI is InChI=1S/C24BF20.C18H15FNO/c26-5-1(6(27)14(35)21(42)13(5)34)25(2-7(28)15(36)22(43)16(37)8(2)29,3-9(30)17(38)23(44)18(39)10(3)31)4-11(32)19(40)24(45)20(41)12(4)33;19-12-17-16-9-5-4-6-14(16)10-11-20(17)13-18(21)15-7-2-1-3-8-15/h;1-11H,12-13H2/q-1;+1. The molecule has 0 aliphatic carbocycles. The molecule has 7 rings (SSSR count). The molecule has 0 amide bonds. The van der Waals surface area contributed by atoms with E-state index in [1.165, 1.54) is 0 Å². The van der Waals surface area contributed by atoms with Crippen LogP contribution in [-0.2, 0) is 13.2 Å². The SMILES string of the molecule is Fc1c(F)c(F)c([B-](c2c(F)c(F)c(F)c(F)c2F)(c2c(F)c(F)c(F)c(F)c2F)c2c(F)c(F)c(F)c(F)c2F)c(F)c1F.O=C(C[n+]1ccc2ccccc2c1CF)c1ccccc1. The topological polar surface area (TPSA) is 20.9 Å². The second kappa shape index (κ2) is 18.1. The van der Waals surface area contributed by atoms with Crippen molar-refractivity contribution in [3.63, 3.8) is 0 Å². The Balaban J connectivity index is 0.000000284. The van der Waals surface area contributed by atoms with Gasteiger partial charge in [-0.2, -0.15) is 4.57 Å². The summed E-state index contributed by atoms with van der Waals surface area (Å²) in [5, 5.41) is 1.83. The normalized spacial score (nSPS) is 11.6. The lowest BCUT2D eigenvalue weighted by atomic mass is 9.12. The number of Topliss-reactive ketones (excluding diaryl/α,β-unsaturated/α-hetero) is 1. The van der Waals surface area contributed by atoms with Crippen LogP contribution in [0, 0.1) is 116 Å². The monoisotopic (exact) mass is 959 g/mol. The first kappa shape index (κ1) is 48.5. The molecule has 0 saturated carbocycles. The summed E-state index contributed by atoms with van der Waals surface area (Å²) < 4.78 is 309. The van der Waals surface area contributed by atoms with Crippen molar-refractivity contribution in [1.29, 1.82) is 0 Å². The van der Waals surface area contributed by atoms with E-state index in [2.05, 4.69) is 0 Å². The second-order valence-electron chi connectivity index (χ2n) is 13.7. The fourth-order valence-electron chi connectivity index (χ4n) is 7.36. The van der Waals surface area contributed by atoms with E-state index in [1.807, 2.05) is 48.5 Å². The van der Waals surface area contributed by atoms with Crippen LogP contribution in [0.5, 0.6) is 0 Å². The number of fused-ring (bicyclic) bond motifs is 1. The van der Waals surface area contributed by atoms with Crippen LogP contribution >= 0.6 is 0 Å². The number of hydrogen-bond donors (Lipinski definition) is 0. The molecule has 0 unspecified atom stereocenters. The molecular formula is C42H15BF21NO. The number of alkyl halides is 1. The Hall–Kier alpha value is -7.01. The molecule has 0 atom stereocenters. The van der Waals surface area contributed by atoms with Gasteiger partial charge in [0.05, 0.1) is 5.39 Å². The third-order valence-electron chi connectivity index (χ3n) is 10.3. The van der Waals surface area contributed by atoms with Gasteiger partial charge in [-0.25, -0.2) is 92.2 Å². The highest BCUT2D eigenvalue weighted by molar-refractivity contribution is 7.20. The van der Waals surface area contributed by atoms with Gasteiger partial charge in [-0.1, -0.05) is 48.5 Å². The van der Waals surface area contributed by atoms with Crippen molar-refractivity contribution in [3.05, 3.63) is 194 Å². The van der Waals surface area contributed by atoms with Crippen LogP contribution in [0.4, 0.5) is 92.2 Å². The zero-order valence-electron chi connectivity index (χ0n) is 31.6. The molecule has 0 spiro atoms. The number of nitrogens with zero attached hydrogens (tertiary/aromatic N) is 1. The molecule has 0 aliphatic rings. The van der Waals surface area contributed by atoms with Crippen LogP contribution in [0.25, 0.3) is 10.8 Å². The van der Waals surface area contributed by atoms with Crippen LogP contribution in [0.15, 0.2) is 66.9 Å². The summed E-state index contributed by atoms with van der Waals surface area (Å²) >= 11 is 0. The maximum atomic E-state index is 15.4. The summed E-state index contributed by atoms with van der Waals surface area (Å²) in [7, 11) is 0. The zero-order valence-corrected chi connectivity index (χ0v) is 31.6. The predicted molar refractivity (Wildman–Crippen MR) is 189 cm³/mol. The summed E-state index contributed by atoms with van der Waals surface area (Å²) in [5.74, 6) is -71.4. The highest BCUT2D eigenvalue weighted by Gasteiger charge is 2.52. The lowest BCUT2D eigenvalue weighted by Gasteiger charge is -2.44. The number of halogens is 21. The highest BCUT2D eigenvalue weighted by atomic mass is 19.2. The third kappa shape index (κ3) is 7.44. The van der Waals surface area contributed by atoms with Gasteiger partial charge in [0.25, 0.3) is 0 Å². The van der Waals surface area contributed by atoms with Gasteiger partial charge in [0.1, 0.15) is 52.7 Å². The molecule has 6 aromatic carbocycles. The second-order valence-corrected chi connectivity index (χ2v) is 13.7. The number of carbonyl (C=O) groups excluding carboxylic acids is 1. The van der Waals surface area contributed by atoms with E-state index < -0.39 is 151 Å². The van der Waals surface area contributed by atoms with Crippen molar-refractivity contribution in [1.82, 2.24) is 0 Å². The largest absolute Gasteiger partial charge is 0.287 e. The van der Waals surface area contributed by atoms with E-state index in [9.17, 15) is 61.9 Å². The lowest BCUT2D eigenvalue weighted by Crippen LogP contribution is -2.81. The average Bonchev–Trinajstić information content (AvgIpc) is 3.31. The fraction of sp³-hybridized carbons (Fsp3) is 0.0476. The van der Waals surface area contributed by atoms with Crippen molar-refractivity contribution >= 4 is 44.6 Å². The fourth-order valence-corrected chi connectivity index (χ4v) is 7.36. The minimum atomic E-state index is -7.22. The van der Waals surface area contributed by atoms with Crippen molar-refractivity contribution in [2.45, 2.75) is 13.2 Å². The van der Waals surface area contributed by atoms with Gasteiger partial charge in [-0.3, -0.25) is 4.79 Å². The molecule has 0 bridgehead atoms. The van der Waals surface area contributed by atoms with Crippen molar-refractivity contribution < 1.29 is 102 Å². The molecule has 1 heterocycles. The molecule has 344 valence electrons. The number of hydrogen-bond acceptors (Lipinski definition) is 1. The maximum Gasteiger partial charge on any atom is 0.227 e. The Labute approximate surface area is 353 Å². The van der Waals surface area contributed by atoms with Gasteiger partial charge in [-0.15, -0.1) is 21.9 Å². The van der Waals surface area contributed by atoms with Crippen LogP contribution in [0.1, 0.15) is 16.1 Å². The van der Waals surface area contributed by atoms with Gasteiger partial charge in [0.2, 0.25) is 18.0 Å². The van der Waals surface area contributed by atoms with Gasteiger partial charge in [0, 0.05) is 11.6 Å². The predicted octanol–water partition coefficient (Wildman–Crippen LogP) is 9.33. The average molecular weight is 959 g/mol. The Kier molecular flexibility index (Phi) is 13.3. The van der Waals surface area contributed by atoms with Crippen LogP contribution in [0.3, 0.4) is 0 Å². The molecule has 0 fully saturated rings. The Bertz CT molecular complexity index is 2750. The first-order valence-electron chi connectivity index (χ1n) is 17.8. The summed E-state index contributed by atoms with van der Waals surface area (Å²) in [6.07, 6.45) is -5.44. The molecule has 0 saturated heterocycles. The van der Waals surface area contributed by atoms with E-state index >= 15 is 35.1 Å². The molecule has 24 heteroatoms. The third-order valence-corrected chi connectivity index (χ3v) is 10.3. The van der Waals surface area contributed by atoms with E-state index in [0.717, 1.165) is 10.8 Å². The van der Waals surface area contributed by atoms with Crippen molar-refractivity contribution in [2.75, 3.05) is 0 Å². The molecule has 66 heavy (non-hydrogen) atoms. The van der Waals surface area contributed by atoms with Crippen LogP contribution in [-0.4, -0.2) is 11.9 Å². The van der Waals surface area contributed by atoms with Gasteiger partial charge >= 0.3 is 0 Å². The molecule has 0 aliphatic heterocycles. The number of pyridine rings is 1. The molecule has 0 N–H and O–H groups in total. The van der Waals surface area contributed by atoms with Crippen molar-refractivity contribution in [3.8, 4) is 0 Å². The molecular weight excluding hydrogens is 944 g/mol. The molecule has 2 nitrogen and oxygen atoms in total. The first-order valence-corrected chi connectivity index (χ1v) is 17.8. The van der Waals surface area contributed by atoms with Gasteiger partial charge in [0.15, 0.2) is 82.7 Å². The maximum absolute atomic E-state index is 15.4. The summed E-state index contributed by atoms with van der Waals surface area (Å²) in [6, 6.07) is 18.6. The minimum absolute atomic E-state index is 0.0226. The Morgan fingerprint density at radius 3 is 0.985 bits per heavy atom. The number of aromatic nitrogens is 1. The van der Waals surface area contributed by atoms with E-state index in [4.69, 9.17) is 0 Å². The van der Waals surface area contributed by atoms with Gasteiger partial charge < -0.3 is 0 Å². The van der Waals surface area contributed by atoms with Crippen LogP contribution in [0.2, 0.25) is 0 Å². The smallest absolute Gasteiger partial charge is 0.227 e. The summed E-state index contributed by atoms with van der Waals surface area (Å²) in [6.45, 7) is -0.447. The first-order chi connectivity index (χ1) is 31.0. The number of benzene rings is 6. The Morgan fingerprint density at radius 2 is 0.667 bits per heavy atom. The number of carbonyl (C=O) groups is 1. The Morgan fingerprint density at radius 1 is 0.379 bits per heavy atom. The summed E-state index contributed by atoms with van der Waals surface area (Å²) in [5.41, 5.74) is -13.1. The number of rotatable bonds is 8.